The Hall–Kier alpha value is -1.36. The molecule has 0 spiro atoms. The Morgan fingerprint density at radius 2 is 2.12 bits per heavy atom. The lowest BCUT2D eigenvalue weighted by Crippen LogP contribution is -2.33. The van der Waals surface area contributed by atoms with E-state index in [0.717, 1.165) is 23.0 Å². The van der Waals surface area contributed by atoms with Crippen LogP contribution in [0.3, 0.4) is 0 Å². The van der Waals surface area contributed by atoms with Crippen molar-refractivity contribution in [1.29, 1.82) is 0 Å². The third-order valence-corrected chi connectivity index (χ3v) is 2.78. The second-order valence-electron chi connectivity index (χ2n) is 3.50. The molecular formula is C11H12BrN3O. The van der Waals surface area contributed by atoms with E-state index in [1.165, 1.54) is 5.01 Å². The largest absolute Gasteiger partial charge is 0.342 e. The molecule has 0 fully saturated rings. The van der Waals surface area contributed by atoms with Crippen molar-refractivity contribution in [3.63, 3.8) is 0 Å². The number of urea groups is 1. The number of hydrazone groups is 1. The monoisotopic (exact) mass is 281 g/mol. The third kappa shape index (κ3) is 2.82. The van der Waals surface area contributed by atoms with Crippen molar-refractivity contribution in [2.45, 2.75) is 12.8 Å². The summed E-state index contributed by atoms with van der Waals surface area (Å²) in [4.78, 5) is 11.7. The predicted molar refractivity (Wildman–Crippen MR) is 67.6 cm³/mol. The van der Waals surface area contributed by atoms with Gasteiger partial charge in [-0.15, -0.1) is 0 Å². The molecule has 0 saturated carbocycles. The van der Waals surface area contributed by atoms with Crippen LogP contribution >= 0.6 is 15.9 Å². The van der Waals surface area contributed by atoms with Gasteiger partial charge >= 0.3 is 6.03 Å². The molecule has 2 amide bonds. The van der Waals surface area contributed by atoms with Crippen molar-refractivity contribution in [3.05, 3.63) is 28.7 Å². The molecule has 1 aliphatic rings. The molecule has 0 aliphatic carbocycles. The first-order chi connectivity index (χ1) is 7.75. The van der Waals surface area contributed by atoms with E-state index in [-0.39, 0.29) is 6.03 Å². The Bertz CT molecular complexity index is 402. The zero-order valence-electron chi connectivity index (χ0n) is 8.69. The van der Waals surface area contributed by atoms with E-state index in [1.807, 2.05) is 24.3 Å². The molecule has 1 aromatic rings. The molecule has 1 N–H and O–H groups in total. The summed E-state index contributed by atoms with van der Waals surface area (Å²) in [6.45, 7) is 0.679. The van der Waals surface area contributed by atoms with Crippen LogP contribution in [0.4, 0.5) is 10.5 Å². The summed E-state index contributed by atoms with van der Waals surface area (Å²) in [6.07, 6.45) is 3.68. The van der Waals surface area contributed by atoms with Gasteiger partial charge in [0.25, 0.3) is 0 Å². The zero-order chi connectivity index (χ0) is 11.4. The van der Waals surface area contributed by atoms with Gasteiger partial charge in [0.1, 0.15) is 0 Å². The minimum Gasteiger partial charge on any atom is -0.306 e. The van der Waals surface area contributed by atoms with Gasteiger partial charge in [-0.1, -0.05) is 15.9 Å². The number of hydrogen-bond acceptors (Lipinski definition) is 2. The Morgan fingerprint density at radius 3 is 2.75 bits per heavy atom. The highest BCUT2D eigenvalue weighted by atomic mass is 79.9. The zero-order valence-corrected chi connectivity index (χ0v) is 10.3. The quantitative estimate of drug-likeness (QED) is 0.845. The van der Waals surface area contributed by atoms with E-state index in [9.17, 15) is 4.79 Å². The van der Waals surface area contributed by atoms with Gasteiger partial charge in [-0.05, 0) is 37.1 Å². The number of nitrogens with one attached hydrogen (secondary N) is 1. The van der Waals surface area contributed by atoms with Gasteiger partial charge in [-0.2, -0.15) is 5.10 Å². The van der Waals surface area contributed by atoms with Crippen LogP contribution in [0.1, 0.15) is 12.8 Å². The summed E-state index contributed by atoms with van der Waals surface area (Å²) in [5.74, 6) is 0. The summed E-state index contributed by atoms with van der Waals surface area (Å²) in [5, 5.41) is 8.27. The van der Waals surface area contributed by atoms with E-state index in [4.69, 9.17) is 0 Å². The lowest BCUT2D eigenvalue weighted by molar-refractivity contribution is 0.211. The van der Waals surface area contributed by atoms with E-state index in [0.29, 0.717) is 6.54 Å². The minimum atomic E-state index is -0.182. The lowest BCUT2D eigenvalue weighted by Gasteiger charge is -2.20. The van der Waals surface area contributed by atoms with Crippen LogP contribution in [0.5, 0.6) is 0 Å². The maximum absolute atomic E-state index is 11.7. The van der Waals surface area contributed by atoms with Crippen LogP contribution in [0.15, 0.2) is 33.8 Å². The smallest absolute Gasteiger partial charge is 0.306 e. The second kappa shape index (κ2) is 5.12. The van der Waals surface area contributed by atoms with E-state index < -0.39 is 0 Å². The molecule has 16 heavy (non-hydrogen) atoms. The highest BCUT2D eigenvalue weighted by Gasteiger charge is 2.13. The van der Waals surface area contributed by atoms with Crippen molar-refractivity contribution in [2.75, 3.05) is 11.9 Å². The maximum Gasteiger partial charge on any atom is 0.342 e. The molecule has 0 radical (unpaired) electrons. The Kier molecular flexibility index (Phi) is 3.56. The first-order valence-corrected chi connectivity index (χ1v) is 5.91. The number of carbonyl (C=O) groups excluding carboxylic acids is 1. The van der Waals surface area contributed by atoms with Crippen LogP contribution in [0.2, 0.25) is 0 Å². The lowest BCUT2D eigenvalue weighted by atomic mass is 10.3. The van der Waals surface area contributed by atoms with Crippen molar-refractivity contribution < 1.29 is 4.79 Å². The van der Waals surface area contributed by atoms with E-state index in [2.05, 4.69) is 26.3 Å². The number of rotatable bonds is 1. The van der Waals surface area contributed by atoms with Crippen molar-refractivity contribution >= 4 is 33.9 Å². The molecule has 0 unspecified atom stereocenters. The molecule has 5 heteroatoms. The number of benzene rings is 1. The fraction of sp³-hybridized carbons (Fsp3) is 0.273. The first kappa shape index (κ1) is 11.1. The van der Waals surface area contributed by atoms with Gasteiger partial charge in [0.2, 0.25) is 0 Å². The molecule has 1 aromatic carbocycles. The molecule has 2 rings (SSSR count). The van der Waals surface area contributed by atoms with Gasteiger partial charge < -0.3 is 5.32 Å². The van der Waals surface area contributed by atoms with Gasteiger partial charge in [0.05, 0.1) is 0 Å². The highest BCUT2D eigenvalue weighted by Crippen LogP contribution is 2.15. The van der Waals surface area contributed by atoms with Gasteiger partial charge in [-0.25, -0.2) is 9.80 Å². The molecule has 1 aliphatic heterocycles. The molecule has 0 atom stereocenters. The minimum absolute atomic E-state index is 0.182. The van der Waals surface area contributed by atoms with Crippen LogP contribution in [0, 0.1) is 0 Å². The number of anilines is 1. The fourth-order valence-corrected chi connectivity index (χ4v) is 1.69. The molecule has 0 saturated heterocycles. The number of carbonyl (C=O) groups is 1. The summed E-state index contributed by atoms with van der Waals surface area (Å²) in [5.41, 5.74) is 0.772. The SMILES string of the molecule is O=C(Nc1ccc(Br)cc1)N1CCCC=N1. The Balaban J connectivity index is 1.98. The summed E-state index contributed by atoms with van der Waals surface area (Å²) < 4.78 is 0.987. The number of amides is 2. The molecular weight excluding hydrogens is 270 g/mol. The van der Waals surface area contributed by atoms with E-state index >= 15 is 0 Å². The Morgan fingerprint density at radius 1 is 1.38 bits per heavy atom. The average molecular weight is 282 g/mol. The average Bonchev–Trinajstić information content (AvgIpc) is 2.33. The molecule has 4 nitrogen and oxygen atoms in total. The topological polar surface area (TPSA) is 44.7 Å². The number of nitrogens with zero attached hydrogens (tertiary/aromatic N) is 2. The van der Waals surface area contributed by atoms with Gasteiger partial charge in [0.15, 0.2) is 0 Å². The van der Waals surface area contributed by atoms with Crippen LogP contribution in [-0.4, -0.2) is 23.8 Å². The third-order valence-electron chi connectivity index (χ3n) is 2.25. The second-order valence-corrected chi connectivity index (χ2v) is 4.42. The van der Waals surface area contributed by atoms with Gasteiger partial charge in [-0.3, -0.25) is 0 Å². The maximum atomic E-state index is 11.7. The van der Waals surface area contributed by atoms with Crippen LogP contribution in [-0.2, 0) is 0 Å². The number of halogens is 1. The summed E-state index contributed by atoms with van der Waals surface area (Å²) >= 11 is 3.34. The molecule has 0 bridgehead atoms. The summed E-state index contributed by atoms with van der Waals surface area (Å²) in [6, 6.07) is 7.27. The Labute approximate surface area is 102 Å². The van der Waals surface area contributed by atoms with Crippen LogP contribution < -0.4 is 5.32 Å². The highest BCUT2D eigenvalue weighted by molar-refractivity contribution is 9.10. The number of hydrogen-bond donors (Lipinski definition) is 1. The van der Waals surface area contributed by atoms with Crippen molar-refractivity contribution in [3.8, 4) is 0 Å². The standard InChI is InChI=1S/C11H12BrN3O/c12-9-3-5-10(6-4-9)14-11(16)15-8-2-1-7-13-15/h3-7H,1-2,8H2,(H,14,16). The molecule has 0 aromatic heterocycles. The fourth-order valence-electron chi connectivity index (χ4n) is 1.42. The van der Waals surface area contributed by atoms with Crippen molar-refractivity contribution in [1.82, 2.24) is 5.01 Å². The van der Waals surface area contributed by atoms with E-state index in [1.54, 1.807) is 6.21 Å². The van der Waals surface area contributed by atoms with Gasteiger partial charge in [0, 0.05) is 22.9 Å². The molecule has 1 heterocycles. The summed E-state index contributed by atoms with van der Waals surface area (Å²) in [7, 11) is 0. The molecule has 84 valence electrons. The van der Waals surface area contributed by atoms with Crippen LogP contribution in [0.25, 0.3) is 0 Å². The normalized spacial score (nSPS) is 14.9. The first-order valence-electron chi connectivity index (χ1n) is 5.12. The van der Waals surface area contributed by atoms with Crippen molar-refractivity contribution in [2.24, 2.45) is 5.10 Å². The predicted octanol–water partition coefficient (Wildman–Crippen LogP) is 3.06.